The molecule has 1 aliphatic rings. The molecule has 358 valence electrons. The highest BCUT2D eigenvalue weighted by molar-refractivity contribution is 5.94. The van der Waals surface area contributed by atoms with Crippen LogP contribution in [0.25, 0.3) is 28.0 Å². The topological polar surface area (TPSA) is 217 Å². The third kappa shape index (κ3) is 14.2. The molecule has 0 fully saturated rings. The minimum atomic E-state index is -0.265. The maximum Gasteiger partial charge on any atom is 0.251 e. The molecule has 0 radical (unpaired) electrons. The smallest absolute Gasteiger partial charge is 0.251 e. The zero-order valence-electron chi connectivity index (χ0n) is 38.5. The summed E-state index contributed by atoms with van der Waals surface area (Å²) in [4.78, 5) is 52.0. The van der Waals surface area contributed by atoms with Crippen LogP contribution in [0.4, 0.5) is 0 Å². The fourth-order valence-electron chi connectivity index (χ4n) is 7.14. The predicted molar refractivity (Wildman–Crippen MR) is 254 cm³/mol. The van der Waals surface area contributed by atoms with Crippen molar-refractivity contribution >= 4 is 34.3 Å². The molecule has 0 bridgehead atoms. The molecule has 3 aromatic carbocycles. The molecule has 67 heavy (non-hydrogen) atoms. The largest absolute Gasteiger partial charge is 0.493 e. The van der Waals surface area contributed by atoms with E-state index in [-0.39, 0.29) is 48.0 Å². The molecule has 1 aliphatic heterocycles. The van der Waals surface area contributed by atoms with E-state index >= 15 is 0 Å². The first-order valence-electron chi connectivity index (χ1n) is 21.9. The lowest BCUT2D eigenvalue weighted by Crippen LogP contribution is -2.38. The molecular weight excluding hydrogens is 863 g/mol. The van der Waals surface area contributed by atoms with Gasteiger partial charge in [0.15, 0.2) is 16.8 Å². The minimum Gasteiger partial charge on any atom is -0.493 e. The second-order valence-electron chi connectivity index (χ2n) is 15.0. The van der Waals surface area contributed by atoms with Gasteiger partial charge in [0.1, 0.15) is 11.5 Å². The molecule has 17 nitrogen and oxygen atoms in total. The molecule has 2 amide bonds. The summed E-state index contributed by atoms with van der Waals surface area (Å²) in [6.07, 6.45) is 3.33. The van der Waals surface area contributed by atoms with Crippen LogP contribution in [0.1, 0.15) is 41.3 Å². The van der Waals surface area contributed by atoms with Crippen molar-refractivity contribution in [2.24, 2.45) is 11.6 Å². The van der Waals surface area contributed by atoms with E-state index in [0.29, 0.717) is 136 Å². The number of ether oxygens (including phenoxy) is 7. The third-order valence-corrected chi connectivity index (χ3v) is 10.6. The molecule has 0 saturated carbocycles. The van der Waals surface area contributed by atoms with Crippen LogP contribution in [0, 0.1) is 0 Å². The summed E-state index contributed by atoms with van der Waals surface area (Å²) in [6.45, 7) is 13.8. The van der Waals surface area contributed by atoms with E-state index < -0.39 is 0 Å². The summed E-state index contributed by atoms with van der Waals surface area (Å²) in [7, 11) is 2.98. The number of hydrogen-bond donors (Lipinski definition) is 3. The van der Waals surface area contributed by atoms with Crippen molar-refractivity contribution in [1.29, 1.82) is 0 Å². The van der Waals surface area contributed by atoms with Crippen LogP contribution in [-0.2, 0) is 39.8 Å². The van der Waals surface area contributed by atoms with Gasteiger partial charge in [-0.3, -0.25) is 14.4 Å². The number of benzene rings is 3. The lowest BCUT2D eigenvalue weighted by Gasteiger charge is -2.33. The van der Waals surface area contributed by atoms with Gasteiger partial charge in [-0.15, -0.1) is 0 Å². The van der Waals surface area contributed by atoms with Crippen LogP contribution in [0.2, 0.25) is 0 Å². The number of rotatable bonds is 28. The number of nitrogens with one attached hydrogen (secondary N) is 1. The first-order chi connectivity index (χ1) is 32.5. The van der Waals surface area contributed by atoms with Gasteiger partial charge in [0.2, 0.25) is 11.7 Å². The van der Waals surface area contributed by atoms with Gasteiger partial charge in [0.25, 0.3) is 5.91 Å². The summed E-state index contributed by atoms with van der Waals surface area (Å²) in [5, 5.41) is 4.73. The number of allylic oxidation sites excluding steroid dienone is 2. The number of hydrogen-bond acceptors (Lipinski definition) is 15. The van der Waals surface area contributed by atoms with Crippen LogP contribution in [0.5, 0.6) is 11.5 Å². The normalized spacial score (nSPS) is 14.8. The van der Waals surface area contributed by atoms with Gasteiger partial charge < -0.3 is 63.3 Å². The molecule has 0 unspecified atom stereocenters. The number of hydrazine groups is 1. The van der Waals surface area contributed by atoms with Gasteiger partial charge in [-0.2, -0.15) is 0 Å². The molecule has 0 aliphatic carbocycles. The van der Waals surface area contributed by atoms with Crippen molar-refractivity contribution in [3.05, 3.63) is 136 Å². The molecule has 5 N–H and O–H groups in total. The second kappa shape index (κ2) is 26.5. The Morgan fingerprint density at radius 2 is 1.43 bits per heavy atom. The van der Waals surface area contributed by atoms with E-state index in [1.54, 1.807) is 53.5 Å². The van der Waals surface area contributed by atoms with E-state index in [1.165, 1.54) is 32.2 Å². The first kappa shape index (κ1) is 51.4. The zero-order chi connectivity index (χ0) is 48.1. The van der Waals surface area contributed by atoms with Crippen molar-refractivity contribution in [1.82, 2.24) is 15.2 Å². The number of nitrogens with zero attached hydrogens (tertiary/aromatic N) is 2. The van der Waals surface area contributed by atoms with Gasteiger partial charge in [-0.1, -0.05) is 55.6 Å². The molecule has 0 spiro atoms. The molecule has 0 atom stereocenters. The predicted octanol–water partition coefficient (Wildman–Crippen LogP) is 5.13. The SMILES string of the molecule is C=CC1=C(\C=C)N(C(=O)CCC(C)=O)Cc2ccccc2/C(N(N)CCOCCOCCOCCOCCOCCNC(=O)c2ccc(-c3cc(=O)c4ccc(OC)c(OC)c4o3)cc2)=C\1N. The Morgan fingerprint density at radius 3 is 2.03 bits per heavy atom. The number of ketones is 1. The van der Waals surface area contributed by atoms with Crippen molar-refractivity contribution in [2.45, 2.75) is 26.3 Å². The molecule has 2 heterocycles. The van der Waals surface area contributed by atoms with Gasteiger partial charge in [0.05, 0.1) is 116 Å². The maximum absolute atomic E-state index is 13.3. The quantitative estimate of drug-likeness (QED) is 0.0382. The first-order valence-corrected chi connectivity index (χ1v) is 21.9. The summed E-state index contributed by atoms with van der Waals surface area (Å²) in [5.41, 5.74) is 11.4. The van der Waals surface area contributed by atoms with E-state index in [1.807, 2.05) is 24.3 Å². The van der Waals surface area contributed by atoms with Gasteiger partial charge in [-0.05, 0) is 42.8 Å². The Bertz CT molecular complexity index is 2460. The Labute approximate surface area is 390 Å². The number of carbonyl (C=O) groups excluding carboxylic acids is 3. The molecule has 5 rings (SSSR count). The van der Waals surface area contributed by atoms with E-state index in [2.05, 4.69) is 18.5 Å². The van der Waals surface area contributed by atoms with Gasteiger partial charge >= 0.3 is 0 Å². The number of fused-ring (bicyclic) bond motifs is 2. The Morgan fingerprint density at radius 1 is 0.806 bits per heavy atom. The fourth-order valence-corrected chi connectivity index (χ4v) is 7.14. The highest BCUT2D eigenvalue weighted by atomic mass is 16.6. The van der Waals surface area contributed by atoms with E-state index in [4.69, 9.17) is 49.2 Å². The van der Waals surface area contributed by atoms with Crippen LogP contribution >= 0.6 is 0 Å². The average molecular weight is 924 g/mol. The van der Waals surface area contributed by atoms with Crippen molar-refractivity contribution < 1.29 is 52.0 Å². The van der Waals surface area contributed by atoms with E-state index in [9.17, 15) is 19.2 Å². The summed E-state index contributed by atoms with van der Waals surface area (Å²) in [6, 6.07) is 19.0. The fraction of sp³-hybridized carbons (Fsp3) is 0.360. The standard InChI is InChI=1S/C50H61N5O12/c1-6-38-41(7-2)54(45(58)19-12-34(3)56)33-37-10-8-9-11-39(37)47(46(38)51)55(52)21-23-63-25-27-65-29-31-66-30-28-64-26-24-62-22-20-53-50(59)36-15-13-35(14-16-36)44-32-42(57)40-17-18-43(60-4)49(61-5)48(40)67-44/h6-11,13-18,32H,1-2,12,19-31,33,51-52H2,3-5H3,(H,53,59)/b41-38-,47-46-. The summed E-state index contributed by atoms with van der Waals surface area (Å²) >= 11 is 0. The Balaban J connectivity index is 0.911. The van der Waals surface area contributed by atoms with Gasteiger partial charge in [-0.25, -0.2) is 5.84 Å². The number of methoxy groups -OCH3 is 2. The number of Topliss-reactive ketones (excluding diaryl/α,β-unsaturated/α-hetero) is 1. The number of nitrogens with two attached hydrogens (primary N) is 2. The highest BCUT2D eigenvalue weighted by Gasteiger charge is 2.28. The lowest BCUT2D eigenvalue weighted by atomic mass is 9.95. The molecule has 1 aromatic heterocycles. The Kier molecular flexibility index (Phi) is 20.3. The number of amides is 2. The monoisotopic (exact) mass is 923 g/mol. The highest BCUT2D eigenvalue weighted by Crippen LogP contribution is 2.36. The van der Waals surface area contributed by atoms with Crippen molar-refractivity contribution in [3.63, 3.8) is 0 Å². The second-order valence-corrected chi connectivity index (χ2v) is 15.0. The average Bonchev–Trinajstić information content (AvgIpc) is 3.33. The summed E-state index contributed by atoms with van der Waals surface area (Å²) < 4.78 is 45.0. The lowest BCUT2D eigenvalue weighted by molar-refractivity contribution is -0.131. The number of carbonyl (C=O) groups is 3. The van der Waals surface area contributed by atoms with Crippen LogP contribution in [-0.4, -0.2) is 121 Å². The Hall–Kier alpha value is -6.60. The third-order valence-electron chi connectivity index (χ3n) is 10.6. The maximum atomic E-state index is 13.3. The molecule has 0 saturated heterocycles. The zero-order valence-corrected chi connectivity index (χ0v) is 38.5. The van der Waals surface area contributed by atoms with Crippen LogP contribution in [0.3, 0.4) is 0 Å². The van der Waals surface area contributed by atoms with Gasteiger partial charge in [0, 0.05) is 47.7 Å². The molecule has 4 aromatic rings. The summed E-state index contributed by atoms with van der Waals surface area (Å²) in [5.74, 6) is 7.15. The molecular formula is C50H61N5O12. The van der Waals surface area contributed by atoms with Crippen LogP contribution in [0.15, 0.2) is 118 Å². The van der Waals surface area contributed by atoms with Crippen molar-refractivity contribution in [2.75, 3.05) is 93.4 Å². The molecule has 17 heteroatoms. The van der Waals surface area contributed by atoms with E-state index in [0.717, 1.165) is 11.1 Å². The van der Waals surface area contributed by atoms with Crippen molar-refractivity contribution in [3.8, 4) is 22.8 Å². The minimum absolute atomic E-state index is 0.0578. The van der Waals surface area contributed by atoms with Crippen LogP contribution < -0.4 is 31.8 Å².